The summed E-state index contributed by atoms with van der Waals surface area (Å²) in [6.45, 7) is 2.71. The summed E-state index contributed by atoms with van der Waals surface area (Å²) >= 11 is 0. The number of nitrogens with zero attached hydrogens (tertiary/aromatic N) is 5. The molecule has 0 aliphatic heterocycles. The first-order valence-corrected chi connectivity index (χ1v) is 5.76. The molecule has 0 bridgehead atoms. The van der Waals surface area contributed by atoms with E-state index in [1.165, 1.54) is 27.7 Å². The quantitative estimate of drug-likeness (QED) is 0.738. The Morgan fingerprint density at radius 2 is 2.11 bits per heavy atom. The normalized spacial score (nSPS) is 10.8. The summed E-state index contributed by atoms with van der Waals surface area (Å²) in [5.74, 6) is 0.573. The topological polar surface area (TPSA) is 74.7 Å². The van der Waals surface area contributed by atoms with Crippen molar-refractivity contribution < 1.29 is 0 Å². The lowest BCUT2D eigenvalue weighted by molar-refractivity contribution is 0.555. The smallest absolute Gasteiger partial charge is 0.319 e. The van der Waals surface area contributed by atoms with Crippen molar-refractivity contribution in [2.45, 2.75) is 26.4 Å². The van der Waals surface area contributed by atoms with Crippen LogP contribution in [0.25, 0.3) is 0 Å². The summed E-state index contributed by atoms with van der Waals surface area (Å²) < 4.78 is 4.38. The van der Waals surface area contributed by atoms with E-state index in [0.29, 0.717) is 12.4 Å². The Morgan fingerprint density at radius 3 is 2.72 bits per heavy atom. The molecule has 2 rings (SSSR count). The molecular formula is C11H15N5O2. The van der Waals surface area contributed by atoms with Crippen LogP contribution in [-0.2, 0) is 20.1 Å². The first kappa shape index (κ1) is 12.3. The minimum Gasteiger partial charge on any atom is -0.319 e. The third-order valence-electron chi connectivity index (χ3n) is 2.71. The number of rotatable bonds is 4. The lowest BCUT2D eigenvalue weighted by Crippen LogP contribution is -2.39. The zero-order valence-electron chi connectivity index (χ0n) is 10.4. The SMILES string of the molecule is CCCn1ccc(=O)n(Cc2nncn2C)c1=O. The maximum atomic E-state index is 12.1. The van der Waals surface area contributed by atoms with Gasteiger partial charge in [-0.05, 0) is 6.42 Å². The molecule has 0 radical (unpaired) electrons. The molecule has 0 saturated carbocycles. The van der Waals surface area contributed by atoms with Gasteiger partial charge in [-0.2, -0.15) is 0 Å². The molecule has 96 valence electrons. The Morgan fingerprint density at radius 1 is 1.33 bits per heavy atom. The highest BCUT2D eigenvalue weighted by molar-refractivity contribution is 4.92. The molecule has 0 fully saturated rings. The number of hydrogen-bond acceptors (Lipinski definition) is 4. The van der Waals surface area contributed by atoms with Gasteiger partial charge in [-0.15, -0.1) is 10.2 Å². The second-order valence-electron chi connectivity index (χ2n) is 4.07. The molecule has 7 heteroatoms. The number of hydrogen-bond donors (Lipinski definition) is 0. The van der Waals surface area contributed by atoms with Crippen LogP contribution in [0.2, 0.25) is 0 Å². The molecule has 2 aromatic rings. The molecule has 7 nitrogen and oxygen atoms in total. The molecule has 0 unspecified atom stereocenters. The second-order valence-corrected chi connectivity index (χ2v) is 4.07. The summed E-state index contributed by atoms with van der Waals surface area (Å²) in [6.07, 6.45) is 3.90. The van der Waals surface area contributed by atoms with Crippen LogP contribution in [0.4, 0.5) is 0 Å². The van der Waals surface area contributed by atoms with Crippen LogP contribution in [0, 0.1) is 0 Å². The van der Waals surface area contributed by atoms with E-state index >= 15 is 0 Å². The van der Waals surface area contributed by atoms with E-state index in [-0.39, 0.29) is 17.8 Å². The maximum absolute atomic E-state index is 12.1. The summed E-state index contributed by atoms with van der Waals surface area (Å²) in [6, 6.07) is 1.40. The summed E-state index contributed by atoms with van der Waals surface area (Å²) in [5, 5.41) is 7.60. The van der Waals surface area contributed by atoms with E-state index in [2.05, 4.69) is 10.2 Å². The van der Waals surface area contributed by atoms with Crippen molar-refractivity contribution >= 4 is 0 Å². The molecule has 0 amide bonds. The fourth-order valence-corrected chi connectivity index (χ4v) is 1.71. The molecule has 0 saturated heterocycles. The van der Waals surface area contributed by atoms with Gasteiger partial charge in [0.05, 0.1) is 6.54 Å². The Kier molecular flexibility index (Phi) is 3.40. The predicted molar refractivity (Wildman–Crippen MR) is 65.4 cm³/mol. The number of aryl methyl sites for hydroxylation is 2. The van der Waals surface area contributed by atoms with Crippen molar-refractivity contribution in [3.63, 3.8) is 0 Å². The highest BCUT2D eigenvalue weighted by Crippen LogP contribution is 1.92. The molecule has 0 aliphatic rings. The van der Waals surface area contributed by atoms with E-state index in [1.54, 1.807) is 11.6 Å². The fourth-order valence-electron chi connectivity index (χ4n) is 1.71. The van der Waals surface area contributed by atoms with Crippen LogP contribution in [0.3, 0.4) is 0 Å². The lowest BCUT2D eigenvalue weighted by Gasteiger charge is -2.08. The van der Waals surface area contributed by atoms with E-state index < -0.39 is 0 Å². The van der Waals surface area contributed by atoms with Gasteiger partial charge in [-0.25, -0.2) is 4.79 Å². The largest absolute Gasteiger partial charge is 0.331 e. The van der Waals surface area contributed by atoms with Gasteiger partial charge in [0.2, 0.25) is 0 Å². The third kappa shape index (κ3) is 2.24. The van der Waals surface area contributed by atoms with Crippen LogP contribution in [0.1, 0.15) is 19.2 Å². The molecule has 0 N–H and O–H groups in total. The van der Waals surface area contributed by atoms with Crippen LogP contribution < -0.4 is 11.2 Å². The molecule has 2 heterocycles. The van der Waals surface area contributed by atoms with Crippen molar-refractivity contribution in [3.05, 3.63) is 45.3 Å². The van der Waals surface area contributed by atoms with Crippen LogP contribution in [-0.4, -0.2) is 23.9 Å². The van der Waals surface area contributed by atoms with Gasteiger partial charge in [0.25, 0.3) is 5.56 Å². The zero-order chi connectivity index (χ0) is 13.1. The summed E-state index contributed by atoms with van der Waals surface area (Å²) in [4.78, 5) is 23.8. The zero-order valence-corrected chi connectivity index (χ0v) is 10.4. The molecule has 0 aliphatic carbocycles. The Balaban J connectivity index is 2.44. The van der Waals surface area contributed by atoms with Crippen molar-refractivity contribution in [2.75, 3.05) is 0 Å². The second kappa shape index (κ2) is 4.99. The van der Waals surface area contributed by atoms with Crippen molar-refractivity contribution in [2.24, 2.45) is 7.05 Å². The molecule has 0 spiro atoms. The summed E-state index contributed by atoms with van der Waals surface area (Å²) in [5.41, 5.74) is -0.636. The summed E-state index contributed by atoms with van der Waals surface area (Å²) in [7, 11) is 1.77. The molecule has 0 atom stereocenters. The van der Waals surface area contributed by atoms with E-state index in [0.717, 1.165) is 6.42 Å². The van der Waals surface area contributed by atoms with Gasteiger partial charge >= 0.3 is 5.69 Å². The van der Waals surface area contributed by atoms with Crippen molar-refractivity contribution in [1.29, 1.82) is 0 Å². The third-order valence-corrected chi connectivity index (χ3v) is 2.71. The Hall–Kier alpha value is -2.18. The first-order chi connectivity index (χ1) is 8.63. The van der Waals surface area contributed by atoms with Crippen LogP contribution in [0.5, 0.6) is 0 Å². The van der Waals surface area contributed by atoms with E-state index in [1.807, 2.05) is 6.92 Å². The Bertz CT molecular complexity index is 652. The average Bonchev–Trinajstić information content (AvgIpc) is 2.74. The van der Waals surface area contributed by atoms with Crippen molar-refractivity contribution in [1.82, 2.24) is 23.9 Å². The standard InChI is InChI=1S/C11H15N5O2/c1-3-5-15-6-4-10(17)16(11(15)18)7-9-13-12-8-14(9)2/h4,6,8H,3,5,7H2,1-2H3. The molecule has 2 aromatic heterocycles. The lowest BCUT2D eigenvalue weighted by atomic mass is 10.4. The molecular weight excluding hydrogens is 234 g/mol. The van der Waals surface area contributed by atoms with Crippen LogP contribution >= 0.6 is 0 Å². The van der Waals surface area contributed by atoms with Crippen LogP contribution in [0.15, 0.2) is 28.2 Å². The molecule has 0 aromatic carbocycles. The van der Waals surface area contributed by atoms with Gasteiger partial charge in [0.1, 0.15) is 6.33 Å². The van der Waals surface area contributed by atoms with E-state index in [9.17, 15) is 9.59 Å². The monoisotopic (exact) mass is 249 g/mol. The van der Waals surface area contributed by atoms with Gasteiger partial charge < -0.3 is 9.13 Å². The first-order valence-electron chi connectivity index (χ1n) is 5.76. The van der Waals surface area contributed by atoms with Crippen molar-refractivity contribution in [3.8, 4) is 0 Å². The van der Waals surface area contributed by atoms with E-state index in [4.69, 9.17) is 0 Å². The maximum Gasteiger partial charge on any atom is 0.331 e. The minimum atomic E-state index is -0.324. The van der Waals surface area contributed by atoms with Gasteiger partial charge in [-0.3, -0.25) is 9.36 Å². The average molecular weight is 249 g/mol. The fraction of sp³-hybridized carbons (Fsp3) is 0.455. The van der Waals surface area contributed by atoms with Gasteiger partial charge in [0, 0.05) is 25.9 Å². The van der Waals surface area contributed by atoms with Gasteiger partial charge in [0.15, 0.2) is 5.82 Å². The highest BCUT2D eigenvalue weighted by atomic mass is 16.2. The molecule has 18 heavy (non-hydrogen) atoms. The Labute approximate surface area is 103 Å². The number of aromatic nitrogens is 5. The minimum absolute atomic E-state index is 0.138. The predicted octanol–water partition coefficient (Wildman–Crippen LogP) is -0.403. The van der Waals surface area contributed by atoms with Gasteiger partial charge in [-0.1, -0.05) is 6.92 Å². The highest BCUT2D eigenvalue weighted by Gasteiger charge is 2.08.